The summed E-state index contributed by atoms with van der Waals surface area (Å²) in [5.41, 5.74) is 1.63. The van der Waals surface area contributed by atoms with Crippen LogP contribution in [0.3, 0.4) is 0 Å². The number of amides is 1. The third-order valence-electron chi connectivity index (χ3n) is 5.52. The van der Waals surface area contributed by atoms with Gasteiger partial charge in [0.2, 0.25) is 15.9 Å². The van der Waals surface area contributed by atoms with Gasteiger partial charge in [0, 0.05) is 30.2 Å². The van der Waals surface area contributed by atoms with Crippen molar-refractivity contribution in [2.24, 2.45) is 0 Å². The second kappa shape index (κ2) is 9.40. The molecular formula is C23H25N3O4S2. The molecule has 0 aliphatic carbocycles. The van der Waals surface area contributed by atoms with Gasteiger partial charge in [-0.2, -0.15) is 4.31 Å². The molecule has 3 heterocycles. The van der Waals surface area contributed by atoms with Crippen LogP contribution in [-0.2, 0) is 21.4 Å². The molecule has 2 aromatic heterocycles. The van der Waals surface area contributed by atoms with E-state index in [-0.39, 0.29) is 23.4 Å². The molecule has 1 fully saturated rings. The second-order valence-corrected chi connectivity index (χ2v) is 10.8. The number of aryl methyl sites for hydroxylation is 1. The van der Waals surface area contributed by atoms with Crippen molar-refractivity contribution in [1.82, 2.24) is 14.2 Å². The average molecular weight is 472 g/mol. The monoisotopic (exact) mass is 471 g/mol. The van der Waals surface area contributed by atoms with Crippen LogP contribution in [0.5, 0.6) is 0 Å². The van der Waals surface area contributed by atoms with Crippen molar-refractivity contribution in [1.29, 1.82) is 0 Å². The minimum Gasteiger partial charge on any atom is -0.343 e. The molecule has 0 bridgehead atoms. The molecule has 1 aliphatic heterocycles. The maximum atomic E-state index is 12.9. The van der Waals surface area contributed by atoms with Gasteiger partial charge in [0.15, 0.2) is 0 Å². The molecule has 32 heavy (non-hydrogen) atoms. The van der Waals surface area contributed by atoms with Gasteiger partial charge in [0.25, 0.3) is 5.56 Å². The summed E-state index contributed by atoms with van der Waals surface area (Å²) in [7, 11) is -3.68. The van der Waals surface area contributed by atoms with Crippen LogP contribution in [0.2, 0.25) is 0 Å². The molecule has 1 unspecified atom stereocenters. The van der Waals surface area contributed by atoms with Crippen LogP contribution in [0.4, 0.5) is 0 Å². The first-order valence-corrected chi connectivity index (χ1v) is 12.8. The smallest absolute Gasteiger partial charge is 0.251 e. The number of hydrogen-bond donors (Lipinski definition) is 1. The summed E-state index contributed by atoms with van der Waals surface area (Å²) < 4.78 is 28.3. The maximum absolute atomic E-state index is 12.9. The molecule has 0 spiro atoms. The fourth-order valence-electron chi connectivity index (χ4n) is 3.76. The van der Waals surface area contributed by atoms with E-state index in [1.165, 1.54) is 34.0 Å². The first kappa shape index (κ1) is 22.4. The van der Waals surface area contributed by atoms with E-state index in [2.05, 4.69) is 5.32 Å². The molecule has 7 nitrogen and oxygen atoms in total. The number of thiophene rings is 1. The fourth-order valence-corrected chi connectivity index (χ4v) is 6.10. The highest BCUT2D eigenvalue weighted by Crippen LogP contribution is 2.26. The van der Waals surface area contributed by atoms with Gasteiger partial charge in [-0.25, -0.2) is 8.42 Å². The van der Waals surface area contributed by atoms with Gasteiger partial charge in [0.05, 0.1) is 10.9 Å². The Morgan fingerprint density at radius 3 is 2.47 bits per heavy atom. The van der Waals surface area contributed by atoms with Gasteiger partial charge in [-0.1, -0.05) is 35.9 Å². The Morgan fingerprint density at radius 2 is 1.81 bits per heavy atom. The van der Waals surface area contributed by atoms with Crippen LogP contribution in [0.1, 0.15) is 34.9 Å². The number of nitrogens with one attached hydrogen (secondary N) is 1. The highest BCUT2D eigenvalue weighted by molar-refractivity contribution is 7.89. The molecule has 1 saturated heterocycles. The Labute approximate surface area is 191 Å². The van der Waals surface area contributed by atoms with Crippen molar-refractivity contribution >= 4 is 27.3 Å². The molecule has 1 amide bonds. The summed E-state index contributed by atoms with van der Waals surface area (Å²) in [5.74, 6) is -0.373. The number of sulfonamides is 1. The van der Waals surface area contributed by atoms with Crippen molar-refractivity contribution in [3.05, 3.63) is 86.5 Å². The molecule has 168 valence electrons. The lowest BCUT2D eigenvalue weighted by molar-refractivity contribution is -0.122. The number of pyridine rings is 1. The van der Waals surface area contributed by atoms with Crippen LogP contribution < -0.4 is 10.9 Å². The lowest BCUT2D eigenvalue weighted by Gasteiger charge is -2.19. The Morgan fingerprint density at radius 1 is 1.09 bits per heavy atom. The lowest BCUT2D eigenvalue weighted by atomic mass is 10.0. The normalized spacial score (nSPS) is 15.5. The Bertz CT molecular complexity index is 1240. The lowest BCUT2D eigenvalue weighted by Crippen LogP contribution is -2.35. The van der Waals surface area contributed by atoms with Crippen molar-refractivity contribution in [2.45, 2.75) is 37.2 Å². The Kier molecular flexibility index (Phi) is 6.59. The van der Waals surface area contributed by atoms with E-state index in [1.54, 1.807) is 0 Å². The van der Waals surface area contributed by atoms with Crippen LogP contribution in [0.15, 0.2) is 69.8 Å². The van der Waals surface area contributed by atoms with E-state index < -0.39 is 15.6 Å². The predicted octanol–water partition coefficient (Wildman–Crippen LogP) is 2.91. The van der Waals surface area contributed by atoms with E-state index in [9.17, 15) is 18.0 Å². The molecule has 1 N–H and O–H groups in total. The second-order valence-electron chi connectivity index (χ2n) is 7.87. The third kappa shape index (κ3) is 4.85. The zero-order valence-corrected chi connectivity index (χ0v) is 19.4. The molecular weight excluding hydrogens is 446 g/mol. The molecule has 3 aromatic rings. The Hall–Kier alpha value is -2.75. The minimum atomic E-state index is -3.68. The van der Waals surface area contributed by atoms with Crippen LogP contribution in [-0.4, -0.2) is 36.3 Å². The van der Waals surface area contributed by atoms with Gasteiger partial charge in [-0.3, -0.25) is 9.59 Å². The Balaban J connectivity index is 1.56. The highest BCUT2D eigenvalue weighted by atomic mass is 32.2. The highest BCUT2D eigenvalue weighted by Gasteiger charge is 2.28. The van der Waals surface area contributed by atoms with Gasteiger partial charge in [-0.05, 0) is 42.8 Å². The van der Waals surface area contributed by atoms with Gasteiger partial charge >= 0.3 is 0 Å². The molecule has 1 atom stereocenters. The van der Waals surface area contributed by atoms with E-state index in [0.717, 1.165) is 33.4 Å². The van der Waals surface area contributed by atoms with Gasteiger partial charge in [-0.15, -0.1) is 11.3 Å². The summed E-state index contributed by atoms with van der Waals surface area (Å²) in [4.78, 5) is 26.3. The number of benzene rings is 1. The summed E-state index contributed by atoms with van der Waals surface area (Å²) in [6, 6.07) is 13.9. The first-order chi connectivity index (χ1) is 15.3. The van der Waals surface area contributed by atoms with Gasteiger partial charge in [0.1, 0.15) is 6.54 Å². The first-order valence-electron chi connectivity index (χ1n) is 10.4. The van der Waals surface area contributed by atoms with Gasteiger partial charge < -0.3 is 9.88 Å². The molecule has 0 saturated carbocycles. The molecule has 9 heteroatoms. The zero-order valence-electron chi connectivity index (χ0n) is 17.7. The topological polar surface area (TPSA) is 88.5 Å². The van der Waals surface area contributed by atoms with E-state index in [0.29, 0.717) is 13.1 Å². The molecule has 1 aromatic carbocycles. The maximum Gasteiger partial charge on any atom is 0.251 e. The van der Waals surface area contributed by atoms with E-state index in [4.69, 9.17) is 0 Å². The van der Waals surface area contributed by atoms with E-state index >= 15 is 0 Å². The van der Waals surface area contributed by atoms with Crippen molar-refractivity contribution in [3.8, 4) is 0 Å². The fraction of sp³-hybridized carbons (Fsp3) is 0.304. The molecule has 4 rings (SSSR count). The molecule has 1 aliphatic rings. The largest absolute Gasteiger partial charge is 0.343 e. The van der Waals surface area contributed by atoms with Crippen molar-refractivity contribution < 1.29 is 13.2 Å². The third-order valence-corrected chi connectivity index (χ3v) is 8.34. The number of carbonyl (C=O) groups excluding carboxylic acids is 1. The predicted molar refractivity (Wildman–Crippen MR) is 124 cm³/mol. The van der Waals surface area contributed by atoms with Crippen molar-refractivity contribution in [3.63, 3.8) is 0 Å². The summed E-state index contributed by atoms with van der Waals surface area (Å²) in [6.07, 6.45) is 2.91. The van der Waals surface area contributed by atoms with Crippen molar-refractivity contribution in [2.75, 3.05) is 13.1 Å². The number of aromatic nitrogens is 1. The summed E-state index contributed by atoms with van der Waals surface area (Å²) in [6.45, 7) is 2.68. The SMILES string of the molecule is Cc1ccc(C(NC(=O)Cn2cc(S(=O)(=O)N3CCCC3)ccc2=O)c2cccs2)cc1. The number of hydrogen-bond acceptors (Lipinski definition) is 5. The standard InChI is InChI=1S/C23H25N3O4S2/c1-17-6-8-18(9-7-17)23(20-5-4-14-31-20)24-21(27)16-25-15-19(10-11-22(25)28)32(29,30)26-12-2-3-13-26/h4-11,14-15,23H,2-3,12-13,16H2,1H3,(H,24,27). The quantitative estimate of drug-likeness (QED) is 0.574. The minimum absolute atomic E-state index is 0.0279. The zero-order chi connectivity index (χ0) is 22.7. The number of rotatable bonds is 7. The van der Waals surface area contributed by atoms with E-state index in [1.807, 2.05) is 48.7 Å². The summed E-state index contributed by atoms with van der Waals surface area (Å²) >= 11 is 1.53. The number of carbonyl (C=O) groups is 1. The van der Waals surface area contributed by atoms with Crippen LogP contribution in [0.25, 0.3) is 0 Å². The number of nitrogens with zero attached hydrogens (tertiary/aromatic N) is 2. The molecule has 0 radical (unpaired) electrons. The average Bonchev–Trinajstić information content (AvgIpc) is 3.49. The van der Waals surface area contributed by atoms with Crippen LogP contribution in [0, 0.1) is 6.92 Å². The van der Waals surface area contributed by atoms with Crippen LogP contribution >= 0.6 is 11.3 Å². The summed E-state index contributed by atoms with van der Waals surface area (Å²) in [5, 5.41) is 4.94.